The van der Waals surface area contributed by atoms with Gasteiger partial charge in [0.1, 0.15) is 0 Å². The average molecular weight is 371 g/mol. The van der Waals surface area contributed by atoms with Gasteiger partial charge >= 0.3 is 0 Å². The largest absolute Gasteiger partial charge is 0.375 e. The minimum absolute atomic E-state index is 0.138. The van der Waals surface area contributed by atoms with E-state index in [9.17, 15) is 0 Å². The molecule has 1 spiro atoms. The smallest absolute Gasteiger partial charge is 0.0701 e. The molecule has 0 aliphatic carbocycles. The zero-order valence-corrected chi connectivity index (χ0v) is 14.9. The van der Waals surface area contributed by atoms with Crippen molar-refractivity contribution >= 4 is 27.7 Å². The summed E-state index contributed by atoms with van der Waals surface area (Å²) in [6, 6.07) is 4.54. The minimum atomic E-state index is 0.138. The van der Waals surface area contributed by atoms with Gasteiger partial charge in [0.2, 0.25) is 0 Å². The highest BCUT2D eigenvalue weighted by molar-refractivity contribution is 9.10. The van der Waals surface area contributed by atoms with Gasteiger partial charge in [-0.1, -0.05) is 0 Å². The summed E-state index contributed by atoms with van der Waals surface area (Å²) in [7, 11) is 2.05. The van der Waals surface area contributed by atoms with Crippen LogP contribution in [-0.2, 0) is 4.74 Å². The molecular weight excluding hydrogens is 348 g/mol. The van der Waals surface area contributed by atoms with Crippen LogP contribution in [0.4, 0.5) is 0 Å². The lowest BCUT2D eigenvalue weighted by molar-refractivity contribution is -0.107. The van der Waals surface area contributed by atoms with Crippen molar-refractivity contribution < 1.29 is 4.74 Å². The number of aromatic nitrogens is 1. The van der Waals surface area contributed by atoms with Crippen molar-refractivity contribution in [2.24, 2.45) is 5.92 Å². The van der Waals surface area contributed by atoms with Gasteiger partial charge in [0, 0.05) is 17.3 Å². The Morgan fingerprint density at radius 1 is 1.43 bits per heavy atom. The van der Waals surface area contributed by atoms with E-state index >= 15 is 0 Å². The van der Waals surface area contributed by atoms with E-state index in [1.807, 2.05) is 13.2 Å². The topological polar surface area (TPSA) is 34.2 Å². The van der Waals surface area contributed by atoms with Gasteiger partial charge in [-0.05, 0) is 78.2 Å². The molecule has 2 aliphatic rings. The number of hydrogen-bond acceptors (Lipinski definition) is 4. The Hall–Kier alpha value is -0.100. The van der Waals surface area contributed by atoms with Crippen molar-refractivity contribution in [3.8, 4) is 0 Å². The molecule has 5 heteroatoms. The van der Waals surface area contributed by atoms with Crippen LogP contribution in [0.3, 0.4) is 0 Å². The van der Waals surface area contributed by atoms with Crippen LogP contribution in [0.2, 0.25) is 0 Å². The Kier molecular flexibility index (Phi) is 5.25. The molecule has 2 atom stereocenters. The van der Waals surface area contributed by atoms with Crippen molar-refractivity contribution in [1.82, 2.24) is 10.3 Å². The molecule has 3 rings (SSSR count). The van der Waals surface area contributed by atoms with Crippen LogP contribution in [0.5, 0.6) is 0 Å². The van der Waals surface area contributed by atoms with Gasteiger partial charge in [0.25, 0.3) is 0 Å². The van der Waals surface area contributed by atoms with Gasteiger partial charge in [-0.2, -0.15) is 11.8 Å². The maximum Gasteiger partial charge on any atom is 0.0701 e. The lowest BCUT2D eigenvalue weighted by atomic mass is 9.78. The molecule has 2 unspecified atom stereocenters. The maximum atomic E-state index is 6.22. The molecule has 21 heavy (non-hydrogen) atoms. The molecule has 0 amide bonds. The van der Waals surface area contributed by atoms with E-state index in [1.165, 1.54) is 24.3 Å². The number of nitrogens with one attached hydrogen (secondary N) is 1. The van der Waals surface area contributed by atoms with E-state index in [0.29, 0.717) is 12.0 Å². The molecule has 1 aromatic rings. The zero-order chi connectivity index (χ0) is 14.7. The van der Waals surface area contributed by atoms with Crippen LogP contribution in [0.25, 0.3) is 0 Å². The molecule has 2 aliphatic heterocycles. The number of halogens is 1. The highest BCUT2D eigenvalue weighted by atomic mass is 79.9. The molecule has 1 N–H and O–H groups in total. The van der Waals surface area contributed by atoms with Crippen molar-refractivity contribution in [2.45, 2.75) is 37.3 Å². The first-order valence-corrected chi connectivity index (χ1v) is 9.68. The molecule has 3 nitrogen and oxygen atoms in total. The third-order valence-corrected chi connectivity index (χ3v) is 6.24. The van der Waals surface area contributed by atoms with E-state index in [-0.39, 0.29) is 5.60 Å². The van der Waals surface area contributed by atoms with Gasteiger partial charge in [0.15, 0.2) is 0 Å². The van der Waals surface area contributed by atoms with Crippen LogP contribution >= 0.6 is 27.7 Å². The molecule has 116 valence electrons. The Bertz CT molecular complexity index is 456. The third-order valence-electron chi connectivity index (χ3n) is 4.79. The highest BCUT2D eigenvalue weighted by Gasteiger charge is 2.41. The monoisotopic (exact) mass is 370 g/mol. The summed E-state index contributed by atoms with van der Waals surface area (Å²) in [5, 5.41) is 3.49. The molecule has 2 saturated heterocycles. The van der Waals surface area contributed by atoms with Gasteiger partial charge in [-0.15, -0.1) is 0 Å². The van der Waals surface area contributed by atoms with Crippen LogP contribution in [0.1, 0.15) is 37.4 Å². The van der Waals surface area contributed by atoms with Crippen molar-refractivity contribution in [2.75, 3.05) is 25.2 Å². The quantitative estimate of drug-likeness (QED) is 0.877. The fourth-order valence-corrected chi connectivity index (χ4v) is 5.11. The highest BCUT2D eigenvalue weighted by Crippen LogP contribution is 2.43. The number of rotatable bonds is 3. The normalized spacial score (nSPS) is 26.7. The van der Waals surface area contributed by atoms with Crippen LogP contribution < -0.4 is 5.32 Å². The summed E-state index contributed by atoms with van der Waals surface area (Å²) in [6.07, 6.45) is 6.59. The summed E-state index contributed by atoms with van der Waals surface area (Å²) in [4.78, 5) is 4.60. The second-order valence-electron chi connectivity index (χ2n) is 6.06. The number of ether oxygens (including phenoxy) is 1. The van der Waals surface area contributed by atoms with Gasteiger partial charge < -0.3 is 10.1 Å². The molecule has 0 aromatic carbocycles. The summed E-state index contributed by atoms with van der Waals surface area (Å²) >= 11 is 5.53. The first-order chi connectivity index (χ1) is 10.2. The average Bonchev–Trinajstić information content (AvgIpc) is 2.51. The first kappa shape index (κ1) is 15.8. The second-order valence-corrected chi connectivity index (χ2v) is 8.20. The summed E-state index contributed by atoms with van der Waals surface area (Å²) in [5.41, 5.74) is 1.28. The summed E-state index contributed by atoms with van der Waals surface area (Å²) in [6.45, 7) is 0.893. The summed E-state index contributed by atoms with van der Waals surface area (Å²) in [5.74, 6) is 3.10. The Morgan fingerprint density at radius 3 is 2.90 bits per heavy atom. The van der Waals surface area contributed by atoms with Crippen molar-refractivity contribution in [3.05, 3.63) is 28.5 Å². The van der Waals surface area contributed by atoms with E-state index in [4.69, 9.17) is 4.74 Å². The van der Waals surface area contributed by atoms with Crippen molar-refractivity contribution in [1.29, 1.82) is 0 Å². The number of thioether (sulfide) groups is 1. The van der Waals surface area contributed by atoms with Gasteiger partial charge in [0.05, 0.1) is 17.3 Å². The molecule has 3 heterocycles. The fourth-order valence-electron chi connectivity index (χ4n) is 3.64. The van der Waals surface area contributed by atoms with E-state index in [0.717, 1.165) is 29.6 Å². The molecular formula is C16H23BrN2OS. The predicted octanol–water partition coefficient (Wildman–Crippen LogP) is 3.80. The van der Waals surface area contributed by atoms with Crippen LogP contribution in [0, 0.1) is 5.92 Å². The molecule has 0 bridgehead atoms. The Labute approximate surface area is 139 Å². The van der Waals surface area contributed by atoms with Gasteiger partial charge in [-0.3, -0.25) is 4.98 Å². The third kappa shape index (κ3) is 3.63. The van der Waals surface area contributed by atoms with E-state index in [2.05, 4.69) is 50.1 Å². The number of nitrogens with zero attached hydrogens (tertiary/aromatic N) is 1. The van der Waals surface area contributed by atoms with E-state index in [1.54, 1.807) is 0 Å². The number of hydrogen-bond donors (Lipinski definition) is 1. The molecule has 0 radical (unpaired) electrons. The van der Waals surface area contributed by atoms with Crippen LogP contribution in [0.15, 0.2) is 22.8 Å². The zero-order valence-electron chi connectivity index (χ0n) is 12.5. The van der Waals surface area contributed by atoms with Crippen molar-refractivity contribution in [3.63, 3.8) is 0 Å². The Balaban J connectivity index is 1.75. The molecule has 2 fully saturated rings. The predicted molar refractivity (Wildman–Crippen MR) is 91.7 cm³/mol. The minimum Gasteiger partial charge on any atom is -0.375 e. The lowest BCUT2D eigenvalue weighted by Gasteiger charge is -2.45. The Morgan fingerprint density at radius 2 is 2.24 bits per heavy atom. The number of pyridine rings is 1. The molecule has 0 saturated carbocycles. The van der Waals surface area contributed by atoms with Crippen LogP contribution in [-0.4, -0.2) is 35.7 Å². The van der Waals surface area contributed by atoms with Gasteiger partial charge in [-0.25, -0.2) is 0 Å². The SMILES string of the molecule is CNC(c1ccc(Br)cn1)C1CCOC2(CCSCC2)C1. The standard InChI is InChI=1S/C16H23BrN2OS/c1-18-15(14-3-2-13(17)11-19-14)12-4-7-20-16(10-12)5-8-21-9-6-16/h2-3,11-12,15,18H,4-10H2,1H3. The lowest BCUT2D eigenvalue weighted by Crippen LogP contribution is -2.45. The molecule has 1 aromatic heterocycles. The second kappa shape index (κ2) is 6.99. The fraction of sp³-hybridized carbons (Fsp3) is 0.688. The maximum absolute atomic E-state index is 6.22. The van der Waals surface area contributed by atoms with E-state index < -0.39 is 0 Å². The summed E-state index contributed by atoms with van der Waals surface area (Å²) < 4.78 is 7.25. The first-order valence-electron chi connectivity index (χ1n) is 7.73.